The molecule has 0 saturated carbocycles. The minimum atomic E-state index is -1.24. The molecular weight excluding hydrogens is 1540 g/mol. The number of hydrogen-bond acceptors (Lipinski definition) is 16. The molecule has 0 aromatic heterocycles. The monoisotopic (exact) mass is 1670 g/mol. The van der Waals surface area contributed by atoms with Gasteiger partial charge >= 0.3 is 12.1 Å². The van der Waals surface area contributed by atoms with Crippen molar-refractivity contribution < 1.29 is 77.6 Å². The van der Waals surface area contributed by atoms with E-state index in [2.05, 4.69) is 63.3 Å². The number of fused-ring (bicyclic) bond motifs is 2. The van der Waals surface area contributed by atoms with Crippen LogP contribution >= 0.6 is 0 Å². The molecule has 8 amide bonds. The van der Waals surface area contributed by atoms with Crippen LogP contribution < -0.4 is 21.7 Å². The quantitative estimate of drug-likeness (QED) is 0.00893. The SMILES string of the molecule is CCCC[C@@H](N)CN(C=O)OCc1ccccc1.CCCC[C@H](CN(C=O)OCc1ccccc1)C(=O)O.CCCC[C@H](CN(C=O)OCc1ccccc1)NC(=O)Cc1cccc2ccccc12.CCCC[C@H](CN(C=O)OCc1ccccc1)NC(=O)OCC[Si](C)(C)C.CCCC[C@H](CN(O)C=O)NC(=O)Cc1cccc2ccccc12. The van der Waals surface area contributed by atoms with E-state index in [-0.39, 0.29) is 62.1 Å². The number of benzene rings is 8. The first-order valence-electron chi connectivity index (χ1n) is 42.0. The van der Waals surface area contributed by atoms with E-state index in [1.165, 1.54) is 15.2 Å². The zero-order valence-electron chi connectivity index (χ0n) is 71.6. The standard InChI is InChI=1S/C26H30N2O3.C20H34N2O4Si.C19H24N2O3.C15H21NO4.C14H22N2O2/c1-2-3-15-24(18-28(20-29)31-19-21-10-5-4-6-11-21)27-26(30)17-23-14-9-13-22-12-7-8-16-25(22)23;1-5-6-12-19(21-20(24)25-13-14-27(2,3)4)15-22(17-23)26-16-18-10-8-7-9-11-18;1-2-3-10-17(13-21(24)14-22)20-19(23)12-16-9-6-8-15-7-4-5-11-18(15)16;1-2-3-9-14(15(18)19)10-16(12-17)20-11-13-7-5-4-6-8-13;1-2-3-9-14(15)10-16(12-17)18-11-13-7-5-4-6-8-13/h4-14,16,20,24H,2-3,15,17-19H2,1H3,(H,27,30);7-11,17,19H,5-6,12-16H2,1-4H3,(H,21,24);4-9,11,14,17,24H,2-3,10,12-13H2,1H3,(H,20,23);4-8,12,14H,2-3,9-11H2,1H3,(H,18,19);4-8,12,14H,2-3,9-11,15H2,1H3/t24-;19-;17-;2*14-/m11111/s1. The van der Waals surface area contributed by atoms with Crippen molar-refractivity contribution in [3.8, 4) is 0 Å². The molecular formula is C94H131N9O16Si. The molecule has 0 unspecified atom stereocenters. The van der Waals surface area contributed by atoms with Crippen LogP contribution in [0.15, 0.2) is 206 Å². The number of aliphatic carboxylic acids is 1. The number of rotatable bonds is 53. The van der Waals surface area contributed by atoms with Crippen LogP contribution in [0, 0.1) is 5.92 Å². The molecule has 0 aliphatic carbocycles. The molecule has 0 bridgehead atoms. The predicted octanol–water partition coefficient (Wildman–Crippen LogP) is 16.3. The first-order chi connectivity index (χ1) is 58.1. The van der Waals surface area contributed by atoms with Crippen LogP contribution in [0.25, 0.3) is 21.5 Å². The Kier molecular flexibility index (Phi) is 52.1. The van der Waals surface area contributed by atoms with Gasteiger partial charge in [0.2, 0.25) is 43.9 Å². The van der Waals surface area contributed by atoms with Gasteiger partial charge in [-0.2, -0.15) is 0 Å². The Bertz CT molecular complexity index is 4130. The summed E-state index contributed by atoms with van der Waals surface area (Å²) in [6, 6.07) is 66.8. The van der Waals surface area contributed by atoms with E-state index in [0.29, 0.717) is 96.0 Å². The summed E-state index contributed by atoms with van der Waals surface area (Å²) in [5, 5.41) is 37.3. The molecule has 8 aromatic carbocycles. The molecule has 0 saturated heterocycles. The van der Waals surface area contributed by atoms with E-state index in [1.54, 1.807) is 0 Å². The third kappa shape index (κ3) is 44.9. The molecule has 0 radical (unpaired) electrons. The Hall–Kier alpha value is -10.7. The van der Waals surface area contributed by atoms with Crippen LogP contribution in [0.3, 0.4) is 0 Å². The second-order valence-electron chi connectivity index (χ2n) is 30.5. The van der Waals surface area contributed by atoms with E-state index in [4.69, 9.17) is 34.9 Å². The Morgan fingerprint density at radius 3 is 1.08 bits per heavy atom. The molecule has 25 nitrogen and oxygen atoms in total. The molecule has 0 aliphatic rings. The zero-order valence-corrected chi connectivity index (χ0v) is 72.6. The number of ether oxygens (including phenoxy) is 1. The summed E-state index contributed by atoms with van der Waals surface area (Å²) in [7, 11) is -1.24. The number of alkyl carbamates (subject to hydrolysis) is 1. The van der Waals surface area contributed by atoms with Gasteiger partial charge in [-0.15, -0.1) is 0 Å². The second-order valence-corrected chi connectivity index (χ2v) is 36.2. The van der Waals surface area contributed by atoms with Gasteiger partial charge in [0.15, 0.2) is 0 Å². The lowest BCUT2D eigenvalue weighted by atomic mass is 10.0. The Morgan fingerprint density at radius 1 is 0.400 bits per heavy atom. The fraction of sp³-hybridized carbons (Fsp3) is 0.436. The first kappa shape index (κ1) is 102. The summed E-state index contributed by atoms with van der Waals surface area (Å²) in [5.74, 6) is -1.64. The van der Waals surface area contributed by atoms with Crippen LogP contribution in [0.4, 0.5) is 4.79 Å². The van der Waals surface area contributed by atoms with Gasteiger partial charge in [-0.05, 0) is 93.1 Å². The van der Waals surface area contributed by atoms with Crippen LogP contribution in [0.5, 0.6) is 0 Å². The molecule has 120 heavy (non-hydrogen) atoms. The van der Waals surface area contributed by atoms with E-state index in [9.17, 15) is 48.4 Å². The van der Waals surface area contributed by atoms with Crippen LogP contribution in [-0.2, 0) is 102 Å². The number of carbonyl (C=O) groups excluding carboxylic acids is 8. The van der Waals surface area contributed by atoms with Gasteiger partial charge in [0, 0.05) is 26.2 Å². The minimum absolute atomic E-state index is 0.0223. The number of amides is 8. The number of carboxylic acids is 1. The van der Waals surface area contributed by atoms with Crippen molar-refractivity contribution in [2.75, 3.05) is 39.3 Å². The average molecular weight is 1670 g/mol. The highest BCUT2D eigenvalue weighted by atomic mass is 28.3. The van der Waals surface area contributed by atoms with Gasteiger partial charge in [-0.3, -0.25) is 62.9 Å². The van der Waals surface area contributed by atoms with Gasteiger partial charge in [-0.25, -0.2) is 30.1 Å². The number of carbonyl (C=O) groups is 9. The van der Waals surface area contributed by atoms with Crippen molar-refractivity contribution in [1.29, 1.82) is 0 Å². The lowest BCUT2D eigenvalue weighted by Crippen LogP contribution is -2.44. The average Bonchev–Trinajstić information content (AvgIpc) is 0.830. The number of nitrogens with two attached hydrogens (primary N) is 1. The van der Waals surface area contributed by atoms with Crippen LogP contribution in [-0.4, -0.2) is 163 Å². The molecule has 0 spiro atoms. The summed E-state index contributed by atoms with van der Waals surface area (Å²) in [6.07, 6.45) is 16.6. The maximum Gasteiger partial charge on any atom is 0.407 e. The zero-order chi connectivity index (χ0) is 87.4. The van der Waals surface area contributed by atoms with Gasteiger partial charge < -0.3 is 31.5 Å². The van der Waals surface area contributed by atoms with Crippen molar-refractivity contribution in [3.05, 3.63) is 240 Å². The third-order valence-electron chi connectivity index (χ3n) is 19.1. The highest BCUT2D eigenvalue weighted by molar-refractivity contribution is 6.76. The first-order valence-corrected chi connectivity index (χ1v) is 45.7. The lowest BCUT2D eigenvalue weighted by molar-refractivity contribution is -0.184. The molecule has 8 aromatic rings. The van der Waals surface area contributed by atoms with E-state index >= 15 is 0 Å². The smallest absolute Gasteiger partial charge is 0.407 e. The summed E-state index contributed by atoms with van der Waals surface area (Å²) in [4.78, 5) is 126. The van der Waals surface area contributed by atoms with Gasteiger partial charge in [0.05, 0.1) is 64.1 Å². The number of hydrogen-bond donors (Lipinski definition) is 6. The highest BCUT2D eigenvalue weighted by Crippen LogP contribution is 2.22. The number of nitrogens with zero attached hydrogens (tertiary/aromatic N) is 5. The van der Waals surface area contributed by atoms with Crippen LogP contribution in [0.1, 0.15) is 164 Å². The molecule has 8 rings (SSSR count). The topological polar surface area (TPSA) is 319 Å². The Labute approximate surface area is 711 Å². The van der Waals surface area contributed by atoms with Crippen molar-refractivity contribution in [1.82, 2.24) is 41.3 Å². The van der Waals surface area contributed by atoms with Crippen LogP contribution in [0.2, 0.25) is 25.7 Å². The lowest BCUT2D eigenvalue weighted by Gasteiger charge is -2.25. The fourth-order valence-electron chi connectivity index (χ4n) is 12.3. The van der Waals surface area contributed by atoms with E-state index < -0.39 is 26.1 Å². The van der Waals surface area contributed by atoms with Gasteiger partial charge in [0.1, 0.15) is 26.4 Å². The maximum atomic E-state index is 12.8. The molecule has 26 heteroatoms. The van der Waals surface area contributed by atoms with Crippen molar-refractivity contribution in [3.63, 3.8) is 0 Å². The third-order valence-corrected chi connectivity index (χ3v) is 20.8. The number of hydroxylamine groups is 10. The molecule has 0 fully saturated rings. The number of carboxylic acid groups (broad SMARTS) is 1. The molecule has 5 atom stereocenters. The summed E-state index contributed by atoms with van der Waals surface area (Å²) in [5.41, 5.74) is 11.8. The molecule has 0 heterocycles. The summed E-state index contributed by atoms with van der Waals surface area (Å²) in [6.45, 7) is 20.0. The Balaban J connectivity index is 0.000000319. The van der Waals surface area contributed by atoms with E-state index in [0.717, 1.165) is 156 Å². The molecule has 0 aliphatic heterocycles. The minimum Gasteiger partial charge on any atom is -0.481 e. The van der Waals surface area contributed by atoms with Crippen molar-refractivity contribution in [2.45, 2.75) is 220 Å². The summed E-state index contributed by atoms with van der Waals surface area (Å²) >= 11 is 0. The second kappa shape index (κ2) is 61.6. The maximum absolute atomic E-state index is 12.8. The van der Waals surface area contributed by atoms with Gasteiger partial charge in [0.25, 0.3) is 0 Å². The van der Waals surface area contributed by atoms with Crippen molar-refractivity contribution >= 4 is 85.5 Å². The Morgan fingerprint density at radius 2 is 0.725 bits per heavy atom. The molecule has 7 N–H and O–H groups in total. The number of nitrogens with one attached hydrogen (secondary N) is 3. The van der Waals surface area contributed by atoms with Gasteiger partial charge in [-0.1, -0.05) is 325 Å². The largest absolute Gasteiger partial charge is 0.481 e. The predicted molar refractivity (Wildman–Crippen MR) is 473 cm³/mol. The molecule has 652 valence electrons. The normalized spacial score (nSPS) is 12.0. The fourth-order valence-corrected chi connectivity index (χ4v) is 13.0. The summed E-state index contributed by atoms with van der Waals surface area (Å²) < 4.78 is 5.31. The number of unbranched alkanes of at least 4 members (excludes halogenated alkanes) is 5. The van der Waals surface area contributed by atoms with E-state index in [1.807, 2.05) is 213 Å². The highest BCUT2D eigenvalue weighted by Gasteiger charge is 2.24. The van der Waals surface area contributed by atoms with Crippen molar-refractivity contribution in [2.24, 2.45) is 11.7 Å².